The molecule has 0 amide bonds. The summed E-state index contributed by atoms with van der Waals surface area (Å²) < 4.78 is 59.2. The first-order valence-electron chi connectivity index (χ1n) is 4.22. The molecule has 0 heterocycles. The minimum absolute atomic E-state index is 0.358. The van der Waals surface area contributed by atoms with Crippen LogP contribution in [0.1, 0.15) is 13.8 Å². The van der Waals surface area contributed by atoms with Gasteiger partial charge in [-0.25, -0.2) is 0 Å². The molecular weight excluding hydrogens is 296 g/mol. The zero-order valence-electron chi connectivity index (χ0n) is 8.73. The van der Waals surface area contributed by atoms with Gasteiger partial charge in [-0.3, -0.25) is 9.11 Å². The van der Waals surface area contributed by atoms with Crippen molar-refractivity contribution in [1.82, 2.24) is 0 Å². The lowest BCUT2D eigenvalue weighted by Gasteiger charge is -2.12. The molecule has 0 saturated carbocycles. The van der Waals surface area contributed by atoms with E-state index >= 15 is 0 Å². The van der Waals surface area contributed by atoms with Gasteiger partial charge in [-0.05, 0) is 0 Å². The maximum atomic E-state index is 10.5. The van der Waals surface area contributed by atoms with Crippen molar-refractivity contribution in [1.29, 1.82) is 0 Å². The van der Waals surface area contributed by atoms with Crippen LogP contribution in [0, 0.1) is 0 Å². The van der Waals surface area contributed by atoms with Crippen molar-refractivity contribution in [2.24, 2.45) is 0 Å². The molecule has 0 aliphatic rings. The van der Waals surface area contributed by atoms with E-state index in [1.54, 1.807) is 13.8 Å². The van der Waals surface area contributed by atoms with Gasteiger partial charge >= 0.3 is 0 Å². The Labute approximate surface area is 103 Å². The van der Waals surface area contributed by atoms with Gasteiger partial charge in [0.05, 0.1) is 11.5 Å². The molecule has 2 atom stereocenters. The van der Waals surface area contributed by atoms with Gasteiger partial charge < -0.3 is 0 Å². The Kier molecular flexibility index (Phi) is 6.66. The Bertz CT molecular complexity index is 359. The van der Waals surface area contributed by atoms with Crippen LogP contribution in [0.4, 0.5) is 0 Å². The van der Waals surface area contributed by atoms with Crippen LogP contribution < -0.4 is 0 Å². The lowest BCUT2D eigenvalue weighted by molar-refractivity contribution is 0.480. The zero-order valence-corrected chi connectivity index (χ0v) is 12.0. The zero-order chi connectivity index (χ0) is 13.0. The smallest absolute Gasteiger partial charge is 0.265 e. The highest BCUT2D eigenvalue weighted by molar-refractivity contribution is 8.77. The van der Waals surface area contributed by atoms with Crippen LogP contribution in [-0.2, 0) is 20.2 Å². The first-order valence-corrected chi connectivity index (χ1v) is 9.71. The van der Waals surface area contributed by atoms with Crippen LogP contribution in [0.3, 0.4) is 0 Å². The summed E-state index contributed by atoms with van der Waals surface area (Å²) in [5.74, 6) is -0.771. The summed E-state index contributed by atoms with van der Waals surface area (Å²) in [7, 11) is -5.71. The molecule has 98 valence electrons. The van der Waals surface area contributed by atoms with E-state index in [1.807, 2.05) is 0 Å². The number of hydrogen-bond acceptors (Lipinski definition) is 6. The molecule has 0 aliphatic heterocycles. The quantitative estimate of drug-likeness (QED) is 0.528. The van der Waals surface area contributed by atoms with Crippen molar-refractivity contribution in [3.63, 3.8) is 0 Å². The molecule has 0 aromatic carbocycles. The normalized spacial score (nSPS) is 17.0. The summed E-state index contributed by atoms with van der Waals surface area (Å²) in [5.41, 5.74) is 0. The fraction of sp³-hybridized carbons (Fsp3) is 1.00. The Morgan fingerprint density at radius 1 is 0.875 bits per heavy atom. The monoisotopic (exact) mass is 310 g/mol. The molecule has 2 unspecified atom stereocenters. The first-order chi connectivity index (χ1) is 6.99. The van der Waals surface area contributed by atoms with Gasteiger partial charge in [-0.15, -0.1) is 0 Å². The molecule has 0 radical (unpaired) electrons. The first kappa shape index (κ1) is 16.5. The summed E-state index contributed by atoms with van der Waals surface area (Å²) in [6, 6.07) is 0. The second-order valence-electron chi connectivity index (χ2n) is 3.31. The maximum absolute atomic E-state index is 10.5. The number of hydrogen-bond donors (Lipinski definition) is 2. The molecule has 2 N–H and O–H groups in total. The average molecular weight is 310 g/mol. The highest BCUT2D eigenvalue weighted by Crippen LogP contribution is 2.31. The minimum atomic E-state index is -4.01. The van der Waals surface area contributed by atoms with E-state index in [0.29, 0.717) is 0 Å². The van der Waals surface area contributed by atoms with E-state index < -0.39 is 20.2 Å². The van der Waals surface area contributed by atoms with Crippen LogP contribution in [0.2, 0.25) is 0 Å². The lowest BCUT2D eigenvalue weighted by atomic mass is 10.6. The van der Waals surface area contributed by atoms with Gasteiger partial charge in [0.15, 0.2) is 0 Å². The van der Waals surface area contributed by atoms with Crippen molar-refractivity contribution in [3.8, 4) is 0 Å². The van der Waals surface area contributed by atoms with Gasteiger partial charge in [-0.1, -0.05) is 35.4 Å². The lowest BCUT2D eigenvalue weighted by Crippen LogP contribution is -2.16. The predicted octanol–water partition coefficient (Wildman–Crippen LogP) is 0.920. The molecule has 6 nitrogen and oxygen atoms in total. The summed E-state index contributed by atoms with van der Waals surface area (Å²) in [6.45, 7) is 3.21. The standard InChI is InChI=1S/C6H14O6S4/c1-5(3-15(7,8)9)13-14-6(2)4-16(10,11)12/h5-6H,3-4H2,1-2H3,(H,7,8,9)(H,10,11,12). The Morgan fingerprint density at radius 3 is 1.31 bits per heavy atom. The molecule has 0 saturated heterocycles. The molecule has 0 fully saturated rings. The Balaban J connectivity index is 3.98. The fourth-order valence-corrected chi connectivity index (χ4v) is 6.02. The highest BCUT2D eigenvalue weighted by Gasteiger charge is 2.17. The molecule has 0 aliphatic carbocycles. The van der Waals surface area contributed by atoms with Gasteiger partial charge in [0.2, 0.25) is 0 Å². The fourth-order valence-electron chi connectivity index (χ4n) is 0.838. The second kappa shape index (κ2) is 6.45. The molecule has 0 spiro atoms. The van der Waals surface area contributed by atoms with Crippen LogP contribution >= 0.6 is 21.6 Å². The maximum Gasteiger partial charge on any atom is 0.265 e. The van der Waals surface area contributed by atoms with Crippen molar-refractivity contribution in [2.75, 3.05) is 11.5 Å². The van der Waals surface area contributed by atoms with Crippen molar-refractivity contribution in [3.05, 3.63) is 0 Å². The third-order valence-corrected chi connectivity index (χ3v) is 6.95. The summed E-state index contributed by atoms with van der Waals surface area (Å²) >= 11 is 0. The van der Waals surface area contributed by atoms with E-state index in [2.05, 4.69) is 0 Å². The van der Waals surface area contributed by atoms with Crippen LogP contribution in [0.25, 0.3) is 0 Å². The summed E-state index contributed by atoms with van der Waals surface area (Å²) in [4.78, 5) is 0. The van der Waals surface area contributed by atoms with Crippen LogP contribution in [0.15, 0.2) is 0 Å². The average Bonchev–Trinajstić information content (AvgIpc) is 1.94. The van der Waals surface area contributed by atoms with Crippen molar-refractivity contribution < 1.29 is 25.9 Å². The topological polar surface area (TPSA) is 109 Å². The van der Waals surface area contributed by atoms with E-state index in [1.165, 1.54) is 0 Å². The second-order valence-corrected chi connectivity index (χ2v) is 9.45. The largest absolute Gasteiger partial charge is 0.286 e. The molecule has 10 heteroatoms. The van der Waals surface area contributed by atoms with Gasteiger partial charge in [-0.2, -0.15) is 16.8 Å². The van der Waals surface area contributed by atoms with E-state index in [9.17, 15) is 16.8 Å². The van der Waals surface area contributed by atoms with Crippen LogP contribution in [0.5, 0.6) is 0 Å². The highest BCUT2D eigenvalue weighted by atomic mass is 33.1. The van der Waals surface area contributed by atoms with E-state index in [4.69, 9.17) is 9.11 Å². The molecule has 16 heavy (non-hydrogen) atoms. The van der Waals surface area contributed by atoms with Crippen molar-refractivity contribution >= 4 is 41.8 Å². The third-order valence-electron chi connectivity index (χ3n) is 1.27. The van der Waals surface area contributed by atoms with E-state index in [0.717, 1.165) is 21.6 Å². The molecule has 0 aromatic heterocycles. The molecule has 0 bridgehead atoms. The van der Waals surface area contributed by atoms with Gasteiger partial charge in [0, 0.05) is 10.5 Å². The van der Waals surface area contributed by atoms with Gasteiger partial charge in [0.25, 0.3) is 20.2 Å². The molecular formula is C6H14O6S4. The SMILES string of the molecule is CC(CS(=O)(=O)O)SSC(C)CS(=O)(=O)O. The number of rotatable bonds is 7. The van der Waals surface area contributed by atoms with E-state index in [-0.39, 0.29) is 22.0 Å². The Morgan fingerprint density at radius 2 is 1.12 bits per heavy atom. The molecule has 0 rings (SSSR count). The summed E-state index contributed by atoms with van der Waals surface area (Å²) in [5, 5.41) is -0.715. The predicted molar refractivity (Wildman–Crippen MR) is 66.9 cm³/mol. The van der Waals surface area contributed by atoms with Crippen molar-refractivity contribution in [2.45, 2.75) is 24.3 Å². The summed E-state index contributed by atoms with van der Waals surface area (Å²) in [6.07, 6.45) is 0. The minimum Gasteiger partial charge on any atom is -0.286 e. The third kappa shape index (κ3) is 11.0. The van der Waals surface area contributed by atoms with Crippen LogP contribution in [-0.4, -0.2) is 47.9 Å². The molecule has 0 aromatic rings. The van der Waals surface area contributed by atoms with Gasteiger partial charge in [0.1, 0.15) is 0 Å². The Hall–Kier alpha value is 0.520.